The molecule has 30 heavy (non-hydrogen) atoms. The molecule has 5 heteroatoms. The molecule has 0 atom stereocenters. The molecule has 1 saturated carbocycles. The predicted octanol–water partition coefficient (Wildman–Crippen LogP) is 6.10. The zero-order chi connectivity index (χ0) is 21.5. The summed E-state index contributed by atoms with van der Waals surface area (Å²) in [6.07, 6.45) is 7.28. The first-order chi connectivity index (χ1) is 14.3. The fourth-order valence-corrected chi connectivity index (χ4v) is 5.93. The van der Waals surface area contributed by atoms with Gasteiger partial charge in [-0.15, -0.1) is 0 Å². The summed E-state index contributed by atoms with van der Waals surface area (Å²) in [4.78, 5) is 25.4. The van der Waals surface area contributed by atoms with E-state index < -0.39 is 5.60 Å². The fraction of sp³-hybridized carbons (Fsp3) is 0.600. The summed E-state index contributed by atoms with van der Waals surface area (Å²) < 4.78 is 7.44. The maximum absolute atomic E-state index is 12.8. The minimum atomic E-state index is -0.538. The van der Waals surface area contributed by atoms with E-state index in [0.29, 0.717) is 11.6 Å². The number of nitrogens with zero attached hydrogens (tertiary/aromatic N) is 1. The van der Waals surface area contributed by atoms with Crippen molar-refractivity contribution in [3.05, 3.63) is 35.0 Å². The second-order valence-electron chi connectivity index (χ2n) is 9.79. The monoisotopic (exact) mass is 427 g/mol. The predicted molar refractivity (Wildman–Crippen MR) is 123 cm³/mol. The number of aromatic nitrogens is 1. The zero-order valence-electron chi connectivity index (χ0n) is 18.6. The van der Waals surface area contributed by atoms with Crippen LogP contribution in [0.1, 0.15) is 87.3 Å². The van der Waals surface area contributed by atoms with Crippen LogP contribution in [0.3, 0.4) is 0 Å². The van der Waals surface area contributed by atoms with E-state index in [4.69, 9.17) is 4.74 Å². The highest BCUT2D eigenvalue weighted by Gasteiger charge is 2.29. The molecule has 1 aromatic heterocycles. The Bertz CT molecular complexity index is 961. The zero-order valence-corrected chi connectivity index (χ0v) is 19.4. The van der Waals surface area contributed by atoms with Crippen molar-refractivity contribution in [1.82, 2.24) is 4.57 Å². The normalized spacial score (nSPS) is 22.2. The Hall–Kier alpha value is -1.75. The van der Waals surface area contributed by atoms with E-state index in [1.165, 1.54) is 49.4 Å². The summed E-state index contributed by atoms with van der Waals surface area (Å²) in [7, 11) is 0. The maximum atomic E-state index is 12.8. The molecule has 2 heterocycles. The number of benzene rings is 1. The fourth-order valence-electron chi connectivity index (χ4n) is 5.07. The molecule has 4 nitrogen and oxygen atoms in total. The third-order valence-electron chi connectivity index (χ3n) is 6.57. The number of hydrogen-bond acceptors (Lipinski definition) is 4. The molecule has 162 valence electrons. The van der Waals surface area contributed by atoms with Crippen molar-refractivity contribution in [2.45, 2.75) is 84.3 Å². The van der Waals surface area contributed by atoms with Gasteiger partial charge in [0.1, 0.15) is 17.8 Å². The molecule has 2 aliphatic rings. The van der Waals surface area contributed by atoms with E-state index in [9.17, 15) is 9.59 Å². The molecule has 1 aliphatic heterocycles. The number of hydrogen-bond donors (Lipinski definition) is 0. The minimum absolute atomic E-state index is 0.0704. The molecule has 4 rings (SSSR count). The number of esters is 1. The van der Waals surface area contributed by atoms with Crippen LogP contribution in [-0.2, 0) is 22.5 Å². The van der Waals surface area contributed by atoms with Gasteiger partial charge >= 0.3 is 5.97 Å². The molecule has 0 N–H and O–H groups in total. The molecule has 0 bridgehead atoms. The van der Waals surface area contributed by atoms with Gasteiger partial charge in [-0.05, 0) is 88.0 Å². The van der Waals surface area contributed by atoms with Gasteiger partial charge in [0.15, 0.2) is 0 Å². The van der Waals surface area contributed by atoms with Gasteiger partial charge in [0.05, 0.1) is 0 Å². The van der Waals surface area contributed by atoms with E-state index >= 15 is 0 Å². The van der Waals surface area contributed by atoms with Crippen molar-refractivity contribution in [2.75, 3.05) is 5.75 Å². The molecule has 0 amide bonds. The summed E-state index contributed by atoms with van der Waals surface area (Å²) in [5.74, 6) is 1.99. The number of aryl methyl sites for hydroxylation is 1. The van der Waals surface area contributed by atoms with E-state index in [1.54, 1.807) is 0 Å². The van der Waals surface area contributed by atoms with Crippen LogP contribution in [-0.4, -0.2) is 27.0 Å². The van der Waals surface area contributed by atoms with Crippen molar-refractivity contribution < 1.29 is 14.3 Å². The Morgan fingerprint density at radius 3 is 2.60 bits per heavy atom. The van der Waals surface area contributed by atoms with Gasteiger partial charge in [0.2, 0.25) is 5.12 Å². The lowest BCUT2D eigenvalue weighted by Crippen LogP contribution is -2.27. The van der Waals surface area contributed by atoms with Crippen LogP contribution < -0.4 is 0 Å². The lowest BCUT2D eigenvalue weighted by atomic mass is 9.77. The highest BCUT2D eigenvalue weighted by molar-refractivity contribution is 8.14. The smallest absolute Gasteiger partial charge is 0.326 e. The van der Waals surface area contributed by atoms with Gasteiger partial charge in [-0.1, -0.05) is 31.2 Å². The van der Waals surface area contributed by atoms with E-state index in [2.05, 4.69) is 25.1 Å². The summed E-state index contributed by atoms with van der Waals surface area (Å²) in [5, 5.41) is 1.22. The van der Waals surface area contributed by atoms with Crippen molar-refractivity contribution >= 4 is 33.7 Å². The quantitative estimate of drug-likeness (QED) is 0.554. The number of fused-ring (bicyclic) bond motifs is 3. The van der Waals surface area contributed by atoms with Gasteiger partial charge in [0, 0.05) is 16.7 Å². The molecule has 1 aliphatic carbocycles. The second-order valence-corrected chi connectivity index (χ2v) is 10.9. The lowest BCUT2D eigenvalue weighted by Gasteiger charge is -2.28. The SMILES string of the molecule is CCC1CCC(c2ccc3c(c2)c2c(n3CC(=O)OC(C)(C)C)C(=O)SCC2)CC1. The summed E-state index contributed by atoms with van der Waals surface area (Å²) in [6.45, 7) is 7.99. The highest BCUT2D eigenvalue weighted by Crippen LogP contribution is 2.40. The number of thioether (sulfide) groups is 1. The first kappa shape index (κ1) is 21.5. The third-order valence-corrected chi connectivity index (χ3v) is 7.44. The Labute approximate surface area is 183 Å². The first-order valence-electron chi connectivity index (χ1n) is 11.3. The van der Waals surface area contributed by atoms with Crippen molar-refractivity contribution in [3.8, 4) is 0 Å². The van der Waals surface area contributed by atoms with Crippen LogP contribution in [0.4, 0.5) is 0 Å². The van der Waals surface area contributed by atoms with Crippen LogP contribution in [0, 0.1) is 5.92 Å². The van der Waals surface area contributed by atoms with Gasteiger partial charge < -0.3 is 9.30 Å². The van der Waals surface area contributed by atoms with E-state index in [0.717, 1.165) is 34.6 Å². The minimum Gasteiger partial charge on any atom is -0.459 e. The van der Waals surface area contributed by atoms with Crippen molar-refractivity contribution in [3.63, 3.8) is 0 Å². The summed E-state index contributed by atoms with van der Waals surface area (Å²) >= 11 is 1.35. The van der Waals surface area contributed by atoms with Crippen LogP contribution in [0.25, 0.3) is 10.9 Å². The Morgan fingerprint density at radius 2 is 1.93 bits per heavy atom. The van der Waals surface area contributed by atoms with Crippen molar-refractivity contribution in [2.24, 2.45) is 5.92 Å². The Balaban J connectivity index is 1.70. The number of ether oxygens (including phenoxy) is 1. The molecule has 1 fully saturated rings. The molecule has 0 saturated heterocycles. The van der Waals surface area contributed by atoms with Gasteiger partial charge in [-0.3, -0.25) is 9.59 Å². The van der Waals surface area contributed by atoms with Crippen LogP contribution in [0.2, 0.25) is 0 Å². The van der Waals surface area contributed by atoms with Crippen LogP contribution in [0.15, 0.2) is 18.2 Å². The molecular formula is C25H33NO3S. The van der Waals surface area contributed by atoms with Gasteiger partial charge in [0.25, 0.3) is 0 Å². The van der Waals surface area contributed by atoms with E-state index in [-0.39, 0.29) is 17.6 Å². The van der Waals surface area contributed by atoms with E-state index in [1.807, 2.05) is 25.3 Å². The number of carbonyl (C=O) groups is 2. The number of carbonyl (C=O) groups excluding carboxylic acids is 2. The third kappa shape index (κ3) is 4.32. The largest absolute Gasteiger partial charge is 0.459 e. The van der Waals surface area contributed by atoms with Crippen LogP contribution >= 0.6 is 11.8 Å². The molecular weight excluding hydrogens is 394 g/mol. The lowest BCUT2D eigenvalue weighted by molar-refractivity contribution is -0.155. The molecule has 1 aromatic carbocycles. The average molecular weight is 428 g/mol. The Morgan fingerprint density at radius 1 is 1.20 bits per heavy atom. The average Bonchev–Trinajstić information content (AvgIpc) is 3.01. The van der Waals surface area contributed by atoms with Gasteiger partial charge in [-0.2, -0.15) is 0 Å². The number of rotatable bonds is 4. The van der Waals surface area contributed by atoms with Crippen LogP contribution in [0.5, 0.6) is 0 Å². The van der Waals surface area contributed by atoms with Gasteiger partial charge in [-0.25, -0.2) is 0 Å². The maximum Gasteiger partial charge on any atom is 0.326 e. The molecule has 0 unspecified atom stereocenters. The first-order valence-corrected chi connectivity index (χ1v) is 12.3. The molecule has 2 aromatic rings. The Kier molecular flexibility index (Phi) is 6.02. The second kappa shape index (κ2) is 8.41. The summed E-state index contributed by atoms with van der Waals surface area (Å²) in [5.41, 5.74) is 3.64. The standard InChI is InChI=1S/C25H33NO3S/c1-5-16-6-8-17(9-7-16)18-10-11-21-20(14-18)19-12-13-30-24(28)23(19)26(21)15-22(27)29-25(2,3)4/h10-11,14,16-17H,5-9,12-13,15H2,1-4H3. The highest BCUT2D eigenvalue weighted by atomic mass is 32.2. The summed E-state index contributed by atoms with van der Waals surface area (Å²) in [6, 6.07) is 6.64. The van der Waals surface area contributed by atoms with Crippen molar-refractivity contribution in [1.29, 1.82) is 0 Å². The molecule has 0 radical (unpaired) electrons. The molecule has 0 spiro atoms. The topological polar surface area (TPSA) is 48.3 Å².